The van der Waals surface area contributed by atoms with Crippen molar-refractivity contribution in [2.45, 2.75) is 38.8 Å². The van der Waals surface area contributed by atoms with Crippen molar-refractivity contribution in [3.05, 3.63) is 11.9 Å². The highest BCUT2D eigenvalue weighted by atomic mass is 16.5. The normalized spacial score (nSPS) is 15.6. The number of nitrogens with one attached hydrogen (secondary N) is 1. The standard InChI is InChI=1S/C11H19N3O/c1-9-8-14(6-3-7-15-2)11(12-9)13-10-4-5-10/h8,10H,3-7H2,1-2H3,(H,12,13). The molecule has 0 atom stereocenters. The topological polar surface area (TPSA) is 39.1 Å². The molecule has 1 aromatic heterocycles. The number of aromatic nitrogens is 2. The summed E-state index contributed by atoms with van der Waals surface area (Å²) in [7, 11) is 1.74. The average molecular weight is 209 g/mol. The van der Waals surface area contributed by atoms with Crippen LogP contribution in [-0.2, 0) is 11.3 Å². The Kier molecular flexibility index (Phi) is 3.26. The highest BCUT2D eigenvalue weighted by Crippen LogP contribution is 2.24. The third-order valence-electron chi connectivity index (χ3n) is 2.56. The SMILES string of the molecule is COCCCn1cc(C)nc1NC1CC1. The van der Waals surface area contributed by atoms with Crippen LogP contribution in [0.4, 0.5) is 5.95 Å². The highest BCUT2D eigenvalue weighted by Gasteiger charge is 2.22. The van der Waals surface area contributed by atoms with Gasteiger partial charge in [-0.3, -0.25) is 0 Å². The maximum atomic E-state index is 5.05. The zero-order valence-electron chi connectivity index (χ0n) is 9.49. The van der Waals surface area contributed by atoms with E-state index < -0.39 is 0 Å². The summed E-state index contributed by atoms with van der Waals surface area (Å²) in [6.45, 7) is 3.81. The van der Waals surface area contributed by atoms with E-state index in [1.54, 1.807) is 7.11 Å². The van der Waals surface area contributed by atoms with E-state index in [9.17, 15) is 0 Å². The summed E-state index contributed by atoms with van der Waals surface area (Å²) in [4.78, 5) is 4.48. The molecule has 0 aliphatic heterocycles. The molecule has 4 nitrogen and oxygen atoms in total. The molecule has 2 rings (SSSR count). The van der Waals surface area contributed by atoms with Crippen LogP contribution in [-0.4, -0.2) is 29.3 Å². The molecule has 1 fully saturated rings. The maximum Gasteiger partial charge on any atom is 0.203 e. The summed E-state index contributed by atoms with van der Waals surface area (Å²) in [5.74, 6) is 1.02. The minimum atomic E-state index is 0.660. The van der Waals surface area contributed by atoms with Gasteiger partial charge in [0.25, 0.3) is 0 Å². The van der Waals surface area contributed by atoms with Crippen molar-refractivity contribution in [2.24, 2.45) is 0 Å². The predicted molar refractivity (Wildman–Crippen MR) is 60.1 cm³/mol. The Morgan fingerprint density at radius 1 is 1.60 bits per heavy atom. The van der Waals surface area contributed by atoms with E-state index in [0.717, 1.165) is 31.2 Å². The van der Waals surface area contributed by atoms with Gasteiger partial charge in [-0.05, 0) is 26.2 Å². The molecule has 4 heteroatoms. The van der Waals surface area contributed by atoms with Gasteiger partial charge in [-0.15, -0.1) is 0 Å². The molecule has 0 amide bonds. The molecule has 1 N–H and O–H groups in total. The summed E-state index contributed by atoms with van der Waals surface area (Å²) in [5.41, 5.74) is 1.08. The maximum absolute atomic E-state index is 5.05. The molecule has 1 aliphatic rings. The fourth-order valence-corrected chi connectivity index (χ4v) is 1.62. The third kappa shape index (κ3) is 2.96. The Labute approximate surface area is 90.6 Å². The van der Waals surface area contributed by atoms with Crippen molar-refractivity contribution in [3.8, 4) is 0 Å². The lowest BCUT2D eigenvalue weighted by Gasteiger charge is -2.08. The van der Waals surface area contributed by atoms with Crippen LogP contribution in [0.3, 0.4) is 0 Å². The van der Waals surface area contributed by atoms with E-state index in [2.05, 4.69) is 21.1 Å². The molecular weight excluding hydrogens is 190 g/mol. The smallest absolute Gasteiger partial charge is 0.203 e. The fraction of sp³-hybridized carbons (Fsp3) is 0.727. The van der Waals surface area contributed by atoms with Crippen LogP contribution in [0.25, 0.3) is 0 Å². The van der Waals surface area contributed by atoms with Crippen molar-refractivity contribution < 1.29 is 4.74 Å². The first-order valence-corrected chi connectivity index (χ1v) is 5.59. The second-order valence-electron chi connectivity index (χ2n) is 4.16. The second kappa shape index (κ2) is 4.66. The molecule has 1 aromatic rings. The number of imidazole rings is 1. The van der Waals surface area contributed by atoms with Gasteiger partial charge in [-0.1, -0.05) is 0 Å². The number of anilines is 1. The van der Waals surface area contributed by atoms with Gasteiger partial charge < -0.3 is 14.6 Å². The van der Waals surface area contributed by atoms with Crippen molar-refractivity contribution in [1.82, 2.24) is 9.55 Å². The van der Waals surface area contributed by atoms with E-state index in [-0.39, 0.29) is 0 Å². The average Bonchev–Trinajstić information content (AvgIpc) is 2.93. The third-order valence-corrected chi connectivity index (χ3v) is 2.56. The van der Waals surface area contributed by atoms with Crippen LogP contribution < -0.4 is 5.32 Å². The Morgan fingerprint density at radius 3 is 3.07 bits per heavy atom. The van der Waals surface area contributed by atoms with E-state index in [0.29, 0.717) is 6.04 Å². The summed E-state index contributed by atoms with van der Waals surface area (Å²) in [6, 6.07) is 0.660. The lowest BCUT2D eigenvalue weighted by molar-refractivity contribution is 0.190. The van der Waals surface area contributed by atoms with Gasteiger partial charge in [0.05, 0.1) is 5.69 Å². The Hall–Kier alpha value is -1.03. The Bertz CT molecular complexity index is 318. The summed E-state index contributed by atoms with van der Waals surface area (Å²) < 4.78 is 7.24. The van der Waals surface area contributed by atoms with Crippen LogP contribution in [0.2, 0.25) is 0 Å². The molecule has 1 aliphatic carbocycles. The minimum absolute atomic E-state index is 0.660. The zero-order chi connectivity index (χ0) is 10.7. The molecule has 1 heterocycles. The molecular formula is C11H19N3O. The Morgan fingerprint density at radius 2 is 2.40 bits per heavy atom. The molecule has 0 aromatic carbocycles. The number of nitrogens with zero attached hydrogens (tertiary/aromatic N) is 2. The van der Waals surface area contributed by atoms with E-state index in [4.69, 9.17) is 4.74 Å². The van der Waals surface area contributed by atoms with E-state index in [1.807, 2.05) is 6.92 Å². The van der Waals surface area contributed by atoms with Gasteiger partial charge in [-0.25, -0.2) is 4.98 Å². The number of rotatable bonds is 6. The number of hydrogen-bond donors (Lipinski definition) is 1. The largest absolute Gasteiger partial charge is 0.385 e. The lowest BCUT2D eigenvalue weighted by atomic mass is 10.4. The first-order chi connectivity index (χ1) is 7.29. The number of methoxy groups -OCH3 is 1. The quantitative estimate of drug-likeness (QED) is 0.726. The zero-order valence-corrected chi connectivity index (χ0v) is 9.49. The first kappa shape index (κ1) is 10.5. The molecule has 0 spiro atoms. The molecule has 0 unspecified atom stereocenters. The number of ether oxygens (including phenoxy) is 1. The van der Waals surface area contributed by atoms with Gasteiger partial charge in [0.15, 0.2) is 0 Å². The summed E-state index contributed by atoms with van der Waals surface area (Å²) >= 11 is 0. The molecule has 0 saturated heterocycles. The lowest BCUT2D eigenvalue weighted by Crippen LogP contribution is -2.09. The van der Waals surface area contributed by atoms with Crippen LogP contribution in [0.1, 0.15) is 25.0 Å². The van der Waals surface area contributed by atoms with E-state index >= 15 is 0 Å². The molecule has 1 saturated carbocycles. The van der Waals surface area contributed by atoms with Crippen molar-refractivity contribution in [2.75, 3.05) is 19.0 Å². The number of hydrogen-bond acceptors (Lipinski definition) is 3. The van der Waals surface area contributed by atoms with Crippen molar-refractivity contribution in [1.29, 1.82) is 0 Å². The molecule has 0 bridgehead atoms. The predicted octanol–water partition coefficient (Wildman–Crippen LogP) is 1.80. The van der Waals surface area contributed by atoms with Crippen LogP contribution in [0.5, 0.6) is 0 Å². The van der Waals surface area contributed by atoms with E-state index in [1.165, 1.54) is 12.8 Å². The molecule has 0 radical (unpaired) electrons. The van der Waals surface area contributed by atoms with Crippen LogP contribution >= 0.6 is 0 Å². The summed E-state index contributed by atoms with van der Waals surface area (Å²) in [5, 5.41) is 3.44. The van der Waals surface area contributed by atoms with Gasteiger partial charge in [0.2, 0.25) is 5.95 Å². The van der Waals surface area contributed by atoms with Crippen molar-refractivity contribution >= 4 is 5.95 Å². The van der Waals surface area contributed by atoms with Crippen molar-refractivity contribution in [3.63, 3.8) is 0 Å². The second-order valence-corrected chi connectivity index (χ2v) is 4.16. The van der Waals surface area contributed by atoms with Gasteiger partial charge in [0.1, 0.15) is 0 Å². The fourth-order valence-electron chi connectivity index (χ4n) is 1.62. The first-order valence-electron chi connectivity index (χ1n) is 5.59. The van der Waals surface area contributed by atoms with Gasteiger partial charge in [0, 0.05) is 32.5 Å². The monoisotopic (exact) mass is 209 g/mol. The van der Waals surface area contributed by atoms with Crippen LogP contribution in [0, 0.1) is 6.92 Å². The summed E-state index contributed by atoms with van der Waals surface area (Å²) in [6.07, 6.45) is 5.69. The van der Waals surface area contributed by atoms with Gasteiger partial charge >= 0.3 is 0 Å². The van der Waals surface area contributed by atoms with Gasteiger partial charge in [-0.2, -0.15) is 0 Å². The van der Waals surface area contributed by atoms with Crippen LogP contribution in [0.15, 0.2) is 6.20 Å². The molecule has 84 valence electrons. The number of aryl methyl sites for hydroxylation is 2. The minimum Gasteiger partial charge on any atom is -0.385 e. The molecule has 15 heavy (non-hydrogen) atoms. The highest BCUT2D eigenvalue weighted by molar-refractivity contribution is 5.32. The Balaban J connectivity index is 1.93.